The van der Waals surface area contributed by atoms with Crippen molar-refractivity contribution >= 4 is 26.8 Å². The number of rotatable bonds is 4. The highest BCUT2D eigenvalue weighted by molar-refractivity contribution is 9.10. The average molecular weight is 409 g/mol. The summed E-state index contributed by atoms with van der Waals surface area (Å²) in [4.78, 5) is 15.1. The summed E-state index contributed by atoms with van der Waals surface area (Å²) in [5.41, 5.74) is 4.01. The lowest BCUT2D eigenvalue weighted by atomic mass is 9.77. The Labute approximate surface area is 161 Å². The molecule has 3 nitrogen and oxygen atoms in total. The van der Waals surface area contributed by atoms with Crippen LogP contribution in [-0.2, 0) is 18.3 Å². The number of aromatic nitrogens is 1. The van der Waals surface area contributed by atoms with Gasteiger partial charge in [0.15, 0.2) is 0 Å². The molecule has 3 aromatic rings. The molecule has 4 heteroatoms. The summed E-state index contributed by atoms with van der Waals surface area (Å²) < 4.78 is 1.05. The Balaban J connectivity index is 2.08. The normalized spacial score (nSPS) is 13.3. The number of benzene rings is 2. The maximum atomic E-state index is 12.1. The summed E-state index contributed by atoms with van der Waals surface area (Å²) >= 11 is 3.56. The van der Waals surface area contributed by atoms with E-state index < -0.39 is 5.41 Å². The molecule has 26 heavy (non-hydrogen) atoms. The third-order valence-electron chi connectivity index (χ3n) is 5.11. The molecule has 132 valence electrons. The van der Waals surface area contributed by atoms with E-state index >= 15 is 0 Å². The predicted molar refractivity (Wildman–Crippen MR) is 109 cm³/mol. The molecular formula is C22H21BrN2O. The summed E-state index contributed by atoms with van der Waals surface area (Å²) in [5.74, 6) is 0. The van der Waals surface area contributed by atoms with Crippen molar-refractivity contribution in [3.05, 3.63) is 79.5 Å². The predicted octanol–water partition coefficient (Wildman–Crippen LogP) is 5.19. The van der Waals surface area contributed by atoms with Crippen LogP contribution in [0.2, 0.25) is 0 Å². The Morgan fingerprint density at radius 2 is 1.96 bits per heavy atom. The van der Waals surface area contributed by atoms with Crippen LogP contribution in [0.4, 0.5) is 0 Å². The summed E-state index contributed by atoms with van der Waals surface area (Å²) in [5, 5.41) is 10.9. The van der Waals surface area contributed by atoms with E-state index in [1.807, 2.05) is 50.2 Å². The van der Waals surface area contributed by atoms with Gasteiger partial charge in [-0.1, -0.05) is 47.1 Å². The standard InChI is InChI=1S/C22H21BrN2O/c1-4-15-10-16-8-9-18(11-20(16)25-21(15)26)22(3,13-24)12-17-6-5-7-19(23)14(17)2/h5-11H,4,12H2,1-3H3,(H,25,26). The molecule has 0 bridgehead atoms. The van der Waals surface area contributed by atoms with Crippen LogP contribution < -0.4 is 5.56 Å². The monoisotopic (exact) mass is 408 g/mol. The van der Waals surface area contributed by atoms with E-state index in [4.69, 9.17) is 0 Å². The van der Waals surface area contributed by atoms with Gasteiger partial charge in [-0.05, 0) is 67.0 Å². The van der Waals surface area contributed by atoms with Gasteiger partial charge in [-0.25, -0.2) is 0 Å². The first-order valence-electron chi connectivity index (χ1n) is 8.69. The van der Waals surface area contributed by atoms with Crippen molar-refractivity contribution < 1.29 is 0 Å². The Morgan fingerprint density at radius 1 is 1.19 bits per heavy atom. The molecule has 0 spiro atoms. The molecule has 0 radical (unpaired) electrons. The molecule has 0 fully saturated rings. The molecule has 0 aliphatic rings. The zero-order valence-corrected chi connectivity index (χ0v) is 16.8. The van der Waals surface area contributed by atoms with E-state index in [1.165, 1.54) is 0 Å². The van der Waals surface area contributed by atoms with Gasteiger partial charge in [0.2, 0.25) is 0 Å². The summed E-state index contributed by atoms with van der Waals surface area (Å²) in [6.45, 7) is 5.98. The maximum Gasteiger partial charge on any atom is 0.251 e. The van der Waals surface area contributed by atoms with Gasteiger partial charge < -0.3 is 4.98 Å². The molecule has 1 heterocycles. The SMILES string of the molecule is CCc1cc2ccc(C(C)(C#N)Cc3cccc(Br)c3C)cc2[nH]c1=O. The van der Waals surface area contributed by atoms with Crippen molar-refractivity contribution in [1.82, 2.24) is 4.98 Å². The quantitative estimate of drug-likeness (QED) is 0.645. The number of aryl methyl sites for hydroxylation is 1. The van der Waals surface area contributed by atoms with Crippen LogP contribution >= 0.6 is 15.9 Å². The first kappa shape index (κ1) is 18.4. The number of nitriles is 1. The molecule has 1 N–H and O–H groups in total. The lowest BCUT2D eigenvalue weighted by Gasteiger charge is -2.24. The van der Waals surface area contributed by atoms with E-state index in [-0.39, 0.29) is 5.56 Å². The van der Waals surface area contributed by atoms with Crippen LogP contribution in [0.3, 0.4) is 0 Å². The fourth-order valence-electron chi connectivity index (χ4n) is 3.28. The number of nitrogens with zero attached hydrogens (tertiary/aromatic N) is 1. The maximum absolute atomic E-state index is 12.1. The van der Waals surface area contributed by atoms with Gasteiger partial charge in [0.05, 0.1) is 11.5 Å². The molecule has 2 aromatic carbocycles. The van der Waals surface area contributed by atoms with Gasteiger partial charge in [-0.15, -0.1) is 0 Å². The molecule has 0 aliphatic carbocycles. The second-order valence-corrected chi connectivity index (χ2v) is 7.78. The van der Waals surface area contributed by atoms with Crippen molar-refractivity contribution in [2.24, 2.45) is 0 Å². The fourth-order valence-corrected chi connectivity index (χ4v) is 3.69. The van der Waals surface area contributed by atoms with Crippen molar-refractivity contribution in [2.75, 3.05) is 0 Å². The van der Waals surface area contributed by atoms with Crippen molar-refractivity contribution in [1.29, 1.82) is 5.26 Å². The van der Waals surface area contributed by atoms with E-state index in [0.29, 0.717) is 12.8 Å². The molecule has 0 saturated heterocycles. The van der Waals surface area contributed by atoms with Crippen LogP contribution in [0, 0.1) is 18.3 Å². The lowest BCUT2D eigenvalue weighted by Crippen LogP contribution is -2.23. The summed E-state index contributed by atoms with van der Waals surface area (Å²) in [7, 11) is 0. The van der Waals surface area contributed by atoms with Crippen molar-refractivity contribution in [3.8, 4) is 6.07 Å². The minimum atomic E-state index is -0.680. The second-order valence-electron chi connectivity index (χ2n) is 6.92. The zero-order valence-electron chi connectivity index (χ0n) is 15.2. The van der Waals surface area contributed by atoms with E-state index in [2.05, 4.69) is 40.0 Å². The Kier molecular flexibility index (Phi) is 5.02. The highest BCUT2D eigenvalue weighted by atomic mass is 79.9. The minimum absolute atomic E-state index is 0.0568. The average Bonchev–Trinajstić information content (AvgIpc) is 2.64. The number of pyridine rings is 1. The lowest BCUT2D eigenvalue weighted by molar-refractivity contribution is 0.605. The largest absolute Gasteiger partial charge is 0.322 e. The number of aromatic amines is 1. The Morgan fingerprint density at radius 3 is 2.65 bits per heavy atom. The Hall–Kier alpha value is -2.38. The molecule has 0 saturated carbocycles. The molecular weight excluding hydrogens is 388 g/mol. The van der Waals surface area contributed by atoms with E-state index in [0.717, 1.165) is 37.6 Å². The number of nitrogens with one attached hydrogen (secondary N) is 1. The first-order valence-corrected chi connectivity index (χ1v) is 9.49. The third kappa shape index (κ3) is 3.32. The van der Waals surface area contributed by atoms with Gasteiger partial charge in [0.25, 0.3) is 5.56 Å². The molecule has 1 atom stereocenters. The van der Waals surface area contributed by atoms with Gasteiger partial charge in [0, 0.05) is 15.6 Å². The first-order chi connectivity index (χ1) is 12.4. The molecule has 3 rings (SSSR count). The topological polar surface area (TPSA) is 56.6 Å². The molecule has 0 amide bonds. The number of hydrogen-bond donors (Lipinski definition) is 1. The number of halogens is 1. The highest BCUT2D eigenvalue weighted by Crippen LogP contribution is 2.32. The molecule has 0 aliphatic heterocycles. The number of H-pyrrole nitrogens is 1. The third-order valence-corrected chi connectivity index (χ3v) is 5.97. The van der Waals surface area contributed by atoms with Crippen molar-refractivity contribution in [3.63, 3.8) is 0 Å². The van der Waals surface area contributed by atoms with Crippen LogP contribution in [0.25, 0.3) is 10.9 Å². The fraction of sp³-hybridized carbons (Fsp3) is 0.273. The molecule has 1 unspecified atom stereocenters. The second kappa shape index (κ2) is 7.09. The number of fused-ring (bicyclic) bond motifs is 1. The zero-order chi connectivity index (χ0) is 18.9. The summed E-state index contributed by atoms with van der Waals surface area (Å²) in [6.07, 6.45) is 1.31. The summed E-state index contributed by atoms with van der Waals surface area (Å²) in [6, 6.07) is 16.4. The van der Waals surface area contributed by atoms with Crippen LogP contribution in [0.5, 0.6) is 0 Å². The smallest absolute Gasteiger partial charge is 0.251 e. The van der Waals surface area contributed by atoms with Crippen LogP contribution in [-0.4, -0.2) is 4.98 Å². The van der Waals surface area contributed by atoms with Crippen LogP contribution in [0.1, 0.15) is 36.1 Å². The molecule has 1 aromatic heterocycles. The highest BCUT2D eigenvalue weighted by Gasteiger charge is 2.28. The van der Waals surface area contributed by atoms with E-state index in [1.54, 1.807) is 0 Å². The van der Waals surface area contributed by atoms with Gasteiger partial charge in [-0.2, -0.15) is 5.26 Å². The van der Waals surface area contributed by atoms with Gasteiger partial charge in [-0.3, -0.25) is 4.79 Å². The van der Waals surface area contributed by atoms with Gasteiger partial charge in [0.1, 0.15) is 0 Å². The minimum Gasteiger partial charge on any atom is -0.322 e. The van der Waals surface area contributed by atoms with E-state index in [9.17, 15) is 10.1 Å². The van der Waals surface area contributed by atoms with Gasteiger partial charge >= 0.3 is 0 Å². The van der Waals surface area contributed by atoms with Crippen LogP contribution in [0.15, 0.2) is 51.7 Å². The number of hydrogen-bond acceptors (Lipinski definition) is 2. The Bertz CT molecular complexity index is 1080. The van der Waals surface area contributed by atoms with Crippen molar-refractivity contribution in [2.45, 2.75) is 39.0 Å².